The van der Waals surface area contributed by atoms with E-state index in [2.05, 4.69) is 19.1 Å². The molecule has 1 saturated heterocycles. The van der Waals surface area contributed by atoms with Gasteiger partial charge in [0.05, 0.1) is 5.41 Å². The lowest BCUT2D eigenvalue weighted by Gasteiger charge is -2.23. The minimum absolute atomic E-state index is 0.114. The molecule has 4 heteroatoms. The van der Waals surface area contributed by atoms with Gasteiger partial charge in [-0.3, -0.25) is 9.59 Å². The fourth-order valence-electron chi connectivity index (χ4n) is 4.28. The predicted molar refractivity (Wildman–Crippen MR) is 88.1 cm³/mol. The summed E-state index contributed by atoms with van der Waals surface area (Å²) in [4.78, 5) is 26.0. The normalized spacial score (nSPS) is 27.7. The molecule has 4 nitrogen and oxygen atoms in total. The average Bonchev–Trinajstić information content (AvgIpc) is 3.11. The zero-order valence-electron chi connectivity index (χ0n) is 13.7. The summed E-state index contributed by atoms with van der Waals surface area (Å²) in [5.41, 5.74) is 0.585. The molecule has 2 aliphatic rings. The number of aliphatic carboxylic acids is 1. The van der Waals surface area contributed by atoms with Crippen molar-refractivity contribution >= 4 is 11.9 Å². The molecule has 0 spiro atoms. The standard InChI is InChI=1S/C19H25NO3/c1-14(15-6-3-2-4-7-15)9-10-17(21)20-12-16-8-5-11-19(16,13-20)18(22)23/h2-4,6-7,14,16H,5,8-13H2,1H3,(H,22,23)/t14?,16-,19+/m0/s1. The number of nitrogens with zero attached hydrogens (tertiary/aromatic N) is 1. The third-order valence-electron chi connectivity index (χ3n) is 5.81. The van der Waals surface area contributed by atoms with E-state index in [1.165, 1.54) is 5.56 Å². The number of carbonyl (C=O) groups is 2. The number of amides is 1. The van der Waals surface area contributed by atoms with Crippen LogP contribution in [0.25, 0.3) is 0 Å². The summed E-state index contributed by atoms with van der Waals surface area (Å²) in [6.07, 6.45) is 3.94. The summed E-state index contributed by atoms with van der Waals surface area (Å²) in [6.45, 7) is 3.18. The maximum atomic E-state index is 12.5. The first-order valence-corrected chi connectivity index (χ1v) is 8.59. The zero-order valence-corrected chi connectivity index (χ0v) is 13.7. The summed E-state index contributed by atoms with van der Waals surface area (Å²) in [5, 5.41) is 9.60. The first kappa shape index (κ1) is 16.0. The number of carboxylic acids is 1. The molecule has 0 aromatic heterocycles. The van der Waals surface area contributed by atoms with Crippen molar-refractivity contribution in [2.75, 3.05) is 13.1 Å². The second-order valence-electron chi connectivity index (χ2n) is 7.18. The van der Waals surface area contributed by atoms with Gasteiger partial charge in [-0.1, -0.05) is 43.7 Å². The van der Waals surface area contributed by atoms with Crippen LogP contribution in [0.15, 0.2) is 30.3 Å². The van der Waals surface area contributed by atoms with Crippen molar-refractivity contribution < 1.29 is 14.7 Å². The molecule has 1 aliphatic carbocycles. The van der Waals surface area contributed by atoms with E-state index >= 15 is 0 Å². The van der Waals surface area contributed by atoms with Gasteiger partial charge in [-0.2, -0.15) is 0 Å². The van der Waals surface area contributed by atoms with Gasteiger partial charge < -0.3 is 10.0 Å². The van der Waals surface area contributed by atoms with E-state index in [1.54, 1.807) is 4.90 Å². The van der Waals surface area contributed by atoms with E-state index in [0.717, 1.165) is 25.7 Å². The van der Waals surface area contributed by atoms with Gasteiger partial charge in [0.2, 0.25) is 5.91 Å². The summed E-state index contributed by atoms with van der Waals surface area (Å²) in [5.74, 6) is -0.109. The molecule has 1 aliphatic heterocycles. The van der Waals surface area contributed by atoms with Crippen molar-refractivity contribution in [2.45, 2.75) is 44.9 Å². The van der Waals surface area contributed by atoms with Crippen LogP contribution in [0.2, 0.25) is 0 Å². The molecule has 1 aromatic rings. The monoisotopic (exact) mass is 315 g/mol. The smallest absolute Gasteiger partial charge is 0.311 e. The van der Waals surface area contributed by atoms with Crippen molar-refractivity contribution in [2.24, 2.45) is 11.3 Å². The maximum Gasteiger partial charge on any atom is 0.311 e. The van der Waals surface area contributed by atoms with Crippen molar-refractivity contribution in [3.05, 3.63) is 35.9 Å². The van der Waals surface area contributed by atoms with E-state index in [9.17, 15) is 14.7 Å². The quantitative estimate of drug-likeness (QED) is 0.907. The minimum atomic E-state index is -0.715. The Hall–Kier alpha value is -1.84. The van der Waals surface area contributed by atoms with Gasteiger partial charge in [0.15, 0.2) is 0 Å². The fraction of sp³-hybridized carbons (Fsp3) is 0.579. The molecule has 1 saturated carbocycles. The van der Waals surface area contributed by atoms with Crippen molar-refractivity contribution in [1.29, 1.82) is 0 Å². The number of likely N-dealkylation sites (tertiary alicyclic amines) is 1. The lowest BCUT2D eigenvalue weighted by Crippen LogP contribution is -2.37. The topological polar surface area (TPSA) is 57.6 Å². The highest BCUT2D eigenvalue weighted by atomic mass is 16.4. The second-order valence-corrected chi connectivity index (χ2v) is 7.18. The zero-order chi connectivity index (χ0) is 16.4. The Morgan fingerprint density at radius 3 is 2.74 bits per heavy atom. The Morgan fingerprint density at radius 2 is 2.09 bits per heavy atom. The summed E-state index contributed by atoms with van der Waals surface area (Å²) in [7, 11) is 0. The highest BCUT2D eigenvalue weighted by Gasteiger charge is 2.55. The van der Waals surface area contributed by atoms with Crippen LogP contribution in [0.1, 0.15) is 50.5 Å². The molecule has 3 atom stereocenters. The predicted octanol–water partition coefficient (Wildman–Crippen LogP) is 3.28. The van der Waals surface area contributed by atoms with Gasteiger partial charge in [0.1, 0.15) is 0 Å². The maximum absolute atomic E-state index is 12.5. The SMILES string of the molecule is CC(CCC(=O)N1C[C@@H]2CCC[C@@]2(C(=O)O)C1)c1ccccc1. The number of hydrogen-bond donors (Lipinski definition) is 1. The van der Waals surface area contributed by atoms with Crippen LogP contribution in [0.3, 0.4) is 0 Å². The van der Waals surface area contributed by atoms with Gasteiger partial charge in [-0.25, -0.2) is 0 Å². The fourth-order valence-corrected chi connectivity index (χ4v) is 4.28. The van der Waals surface area contributed by atoms with E-state index in [4.69, 9.17) is 0 Å². The molecular formula is C19H25NO3. The second kappa shape index (κ2) is 6.34. The number of carboxylic acid groups (broad SMARTS) is 1. The highest BCUT2D eigenvalue weighted by Crippen LogP contribution is 2.49. The Labute approximate surface area is 137 Å². The van der Waals surface area contributed by atoms with E-state index < -0.39 is 11.4 Å². The van der Waals surface area contributed by atoms with Crippen molar-refractivity contribution in [3.63, 3.8) is 0 Å². The molecule has 0 bridgehead atoms. The van der Waals surface area contributed by atoms with Crippen LogP contribution in [-0.4, -0.2) is 35.0 Å². The molecule has 3 rings (SSSR count). The first-order valence-electron chi connectivity index (χ1n) is 8.59. The van der Waals surface area contributed by atoms with Gasteiger partial charge in [0, 0.05) is 19.5 Å². The number of rotatable bonds is 5. The minimum Gasteiger partial charge on any atom is -0.481 e. The van der Waals surface area contributed by atoms with E-state index in [-0.39, 0.29) is 11.8 Å². The Balaban J connectivity index is 1.57. The van der Waals surface area contributed by atoms with Gasteiger partial charge >= 0.3 is 5.97 Å². The number of carbonyl (C=O) groups excluding carboxylic acids is 1. The van der Waals surface area contributed by atoms with Crippen LogP contribution in [0.4, 0.5) is 0 Å². The largest absolute Gasteiger partial charge is 0.481 e. The molecule has 23 heavy (non-hydrogen) atoms. The van der Waals surface area contributed by atoms with Crippen LogP contribution in [0, 0.1) is 11.3 Å². The van der Waals surface area contributed by atoms with Crippen LogP contribution >= 0.6 is 0 Å². The van der Waals surface area contributed by atoms with Crippen LogP contribution in [0.5, 0.6) is 0 Å². The molecule has 2 fully saturated rings. The van der Waals surface area contributed by atoms with Crippen LogP contribution < -0.4 is 0 Å². The molecule has 1 heterocycles. The number of hydrogen-bond acceptors (Lipinski definition) is 2. The Bertz CT molecular complexity index is 586. The summed E-state index contributed by atoms with van der Waals surface area (Å²) >= 11 is 0. The lowest BCUT2D eigenvalue weighted by molar-refractivity contribution is -0.149. The number of fused-ring (bicyclic) bond motifs is 1. The highest BCUT2D eigenvalue weighted by molar-refractivity contribution is 5.81. The summed E-state index contributed by atoms with van der Waals surface area (Å²) < 4.78 is 0. The van der Waals surface area contributed by atoms with Crippen LogP contribution in [-0.2, 0) is 9.59 Å². The average molecular weight is 315 g/mol. The van der Waals surface area contributed by atoms with Crippen molar-refractivity contribution in [1.82, 2.24) is 4.90 Å². The lowest BCUT2D eigenvalue weighted by atomic mass is 9.81. The molecular weight excluding hydrogens is 290 g/mol. The molecule has 1 N–H and O–H groups in total. The first-order chi connectivity index (χ1) is 11.0. The molecule has 1 unspecified atom stereocenters. The molecule has 0 radical (unpaired) electrons. The van der Waals surface area contributed by atoms with Gasteiger partial charge in [0.25, 0.3) is 0 Å². The van der Waals surface area contributed by atoms with E-state index in [1.807, 2.05) is 18.2 Å². The third kappa shape index (κ3) is 2.99. The van der Waals surface area contributed by atoms with Crippen molar-refractivity contribution in [3.8, 4) is 0 Å². The van der Waals surface area contributed by atoms with Gasteiger partial charge in [-0.05, 0) is 36.7 Å². The molecule has 124 valence electrons. The Morgan fingerprint density at radius 1 is 1.35 bits per heavy atom. The van der Waals surface area contributed by atoms with Gasteiger partial charge in [-0.15, -0.1) is 0 Å². The third-order valence-corrected chi connectivity index (χ3v) is 5.81. The number of benzene rings is 1. The Kier molecular flexibility index (Phi) is 4.42. The van der Waals surface area contributed by atoms with E-state index in [0.29, 0.717) is 25.4 Å². The molecule has 1 amide bonds. The molecule has 1 aromatic carbocycles. The summed E-state index contributed by atoms with van der Waals surface area (Å²) in [6, 6.07) is 10.2.